The number of amides is 2. The first kappa shape index (κ1) is 19.4. The first-order valence-corrected chi connectivity index (χ1v) is 10.9. The van der Waals surface area contributed by atoms with Gasteiger partial charge >= 0.3 is 0 Å². The minimum absolute atomic E-state index is 0.151. The lowest BCUT2D eigenvalue weighted by Gasteiger charge is -2.37. The number of carbonyl (C=O) groups is 2. The van der Waals surface area contributed by atoms with Gasteiger partial charge in [-0.2, -0.15) is 0 Å². The summed E-state index contributed by atoms with van der Waals surface area (Å²) in [7, 11) is 0. The van der Waals surface area contributed by atoms with Crippen molar-refractivity contribution in [2.24, 2.45) is 23.5 Å². The normalized spacial score (nSPS) is 32.5. The molecule has 0 spiro atoms. The number of nitrogens with two attached hydrogens (primary N) is 1. The molecular formula is C23H33N3O2. The molecule has 0 bridgehead atoms. The average molecular weight is 384 g/mol. The van der Waals surface area contributed by atoms with Crippen molar-refractivity contribution < 1.29 is 9.59 Å². The van der Waals surface area contributed by atoms with Crippen LogP contribution in [0.15, 0.2) is 24.3 Å². The van der Waals surface area contributed by atoms with Crippen molar-refractivity contribution in [3.05, 3.63) is 29.8 Å². The molecule has 5 heteroatoms. The van der Waals surface area contributed by atoms with E-state index in [0.717, 1.165) is 50.8 Å². The van der Waals surface area contributed by atoms with Crippen LogP contribution in [0.25, 0.3) is 0 Å². The van der Waals surface area contributed by atoms with E-state index in [-0.39, 0.29) is 35.7 Å². The SMILES string of the molecule is CC1CC(CN)CN1C(=O)C1CCCCC1C(=O)N1c2ccccc2CC1C. The van der Waals surface area contributed by atoms with E-state index in [1.54, 1.807) is 0 Å². The van der Waals surface area contributed by atoms with Crippen molar-refractivity contribution in [2.45, 2.75) is 64.5 Å². The Morgan fingerprint density at radius 3 is 2.39 bits per heavy atom. The molecule has 28 heavy (non-hydrogen) atoms. The second-order valence-corrected chi connectivity index (χ2v) is 9.06. The van der Waals surface area contributed by atoms with E-state index in [1.807, 2.05) is 28.0 Å². The second-order valence-electron chi connectivity index (χ2n) is 9.06. The summed E-state index contributed by atoms with van der Waals surface area (Å²) in [6.45, 7) is 5.61. The number of rotatable bonds is 3. The molecule has 2 heterocycles. The van der Waals surface area contributed by atoms with E-state index < -0.39 is 0 Å². The molecule has 2 amide bonds. The number of nitrogens with zero attached hydrogens (tertiary/aromatic N) is 2. The molecule has 1 aliphatic carbocycles. The average Bonchev–Trinajstić information content (AvgIpc) is 3.25. The zero-order valence-electron chi connectivity index (χ0n) is 17.1. The van der Waals surface area contributed by atoms with Crippen LogP contribution in [0, 0.1) is 17.8 Å². The van der Waals surface area contributed by atoms with Gasteiger partial charge in [0.1, 0.15) is 0 Å². The molecule has 3 aliphatic rings. The number of hydrogen-bond acceptors (Lipinski definition) is 3. The molecule has 5 nitrogen and oxygen atoms in total. The summed E-state index contributed by atoms with van der Waals surface area (Å²) in [5, 5.41) is 0. The largest absolute Gasteiger partial charge is 0.339 e. The highest BCUT2D eigenvalue weighted by Gasteiger charge is 2.44. The van der Waals surface area contributed by atoms with Crippen LogP contribution in [-0.4, -0.2) is 41.9 Å². The van der Waals surface area contributed by atoms with Crippen molar-refractivity contribution in [3.63, 3.8) is 0 Å². The van der Waals surface area contributed by atoms with Gasteiger partial charge in [-0.3, -0.25) is 9.59 Å². The molecule has 2 fully saturated rings. The Morgan fingerprint density at radius 2 is 1.71 bits per heavy atom. The van der Waals surface area contributed by atoms with Crippen LogP contribution < -0.4 is 10.6 Å². The lowest BCUT2D eigenvalue weighted by atomic mass is 9.77. The summed E-state index contributed by atoms with van der Waals surface area (Å²) >= 11 is 0. The Morgan fingerprint density at radius 1 is 1.04 bits per heavy atom. The number of anilines is 1. The van der Waals surface area contributed by atoms with Crippen LogP contribution >= 0.6 is 0 Å². The minimum atomic E-state index is -0.195. The van der Waals surface area contributed by atoms with Crippen LogP contribution in [0.4, 0.5) is 5.69 Å². The molecule has 1 aromatic carbocycles. The number of hydrogen-bond donors (Lipinski definition) is 1. The first-order chi connectivity index (χ1) is 13.5. The van der Waals surface area contributed by atoms with Crippen LogP contribution in [0.5, 0.6) is 0 Å². The number of fused-ring (bicyclic) bond motifs is 1. The van der Waals surface area contributed by atoms with Crippen LogP contribution in [-0.2, 0) is 16.0 Å². The van der Waals surface area contributed by atoms with Gasteiger partial charge in [0.25, 0.3) is 0 Å². The molecule has 1 saturated heterocycles. The van der Waals surface area contributed by atoms with Crippen LogP contribution in [0.3, 0.4) is 0 Å². The van der Waals surface area contributed by atoms with Crippen molar-refractivity contribution in [2.75, 3.05) is 18.0 Å². The fourth-order valence-electron chi connectivity index (χ4n) is 5.64. The summed E-state index contributed by atoms with van der Waals surface area (Å²) in [4.78, 5) is 31.1. The monoisotopic (exact) mass is 383 g/mol. The van der Waals surface area contributed by atoms with Crippen LogP contribution in [0.1, 0.15) is 51.5 Å². The van der Waals surface area contributed by atoms with Gasteiger partial charge in [-0.1, -0.05) is 31.0 Å². The molecule has 1 saturated carbocycles. The molecule has 2 N–H and O–H groups in total. The molecule has 5 unspecified atom stereocenters. The Hall–Kier alpha value is -1.88. The smallest absolute Gasteiger partial charge is 0.231 e. The summed E-state index contributed by atoms with van der Waals surface area (Å²) in [5.74, 6) is 0.348. The number of para-hydroxylation sites is 1. The van der Waals surface area contributed by atoms with E-state index in [2.05, 4.69) is 19.9 Å². The van der Waals surface area contributed by atoms with Gasteiger partial charge in [-0.05, 0) is 63.6 Å². The highest BCUT2D eigenvalue weighted by molar-refractivity contribution is 6.00. The fourth-order valence-corrected chi connectivity index (χ4v) is 5.64. The molecule has 5 atom stereocenters. The molecule has 0 radical (unpaired) electrons. The highest BCUT2D eigenvalue weighted by Crippen LogP contribution is 2.39. The molecule has 1 aromatic rings. The second kappa shape index (κ2) is 7.86. The van der Waals surface area contributed by atoms with Crippen molar-refractivity contribution in [1.82, 2.24) is 4.90 Å². The highest BCUT2D eigenvalue weighted by atomic mass is 16.2. The molecule has 152 valence electrons. The van der Waals surface area contributed by atoms with Gasteiger partial charge in [0, 0.05) is 30.2 Å². The van der Waals surface area contributed by atoms with Crippen molar-refractivity contribution in [1.29, 1.82) is 0 Å². The van der Waals surface area contributed by atoms with Gasteiger partial charge in [0.05, 0.1) is 5.92 Å². The molecule has 2 aliphatic heterocycles. The summed E-state index contributed by atoms with van der Waals surface area (Å²) in [6.07, 6.45) is 5.59. The maximum absolute atomic E-state index is 13.6. The Kier molecular flexibility index (Phi) is 5.46. The molecule has 4 rings (SSSR count). The topological polar surface area (TPSA) is 66.6 Å². The third kappa shape index (κ3) is 3.34. The van der Waals surface area contributed by atoms with E-state index in [0.29, 0.717) is 12.5 Å². The zero-order chi connectivity index (χ0) is 19.8. The van der Waals surface area contributed by atoms with Gasteiger partial charge in [-0.25, -0.2) is 0 Å². The predicted octanol–water partition coefficient (Wildman–Crippen LogP) is 2.97. The zero-order valence-corrected chi connectivity index (χ0v) is 17.1. The standard InChI is InChI=1S/C23H33N3O2/c1-15-11-17(13-24)14-25(15)22(27)19-8-4-5-9-20(19)23(28)26-16(2)12-18-7-3-6-10-21(18)26/h3,6-7,10,15-17,19-20H,4-5,8-9,11-14,24H2,1-2H3. The van der Waals surface area contributed by atoms with E-state index in [1.165, 1.54) is 5.56 Å². The third-order valence-corrected chi connectivity index (χ3v) is 7.12. The van der Waals surface area contributed by atoms with E-state index in [4.69, 9.17) is 5.73 Å². The van der Waals surface area contributed by atoms with Gasteiger partial charge < -0.3 is 15.5 Å². The molecular weight excluding hydrogens is 350 g/mol. The number of likely N-dealkylation sites (tertiary alicyclic amines) is 1. The first-order valence-electron chi connectivity index (χ1n) is 10.9. The van der Waals surface area contributed by atoms with Gasteiger partial charge in [-0.15, -0.1) is 0 Å². The van der Waals surface area contributed by atoms with E-state index >= 15 is 0 Å². The summed E-state index contributed by atoms with van der Waals surface area (Å²) in [6, 6.07) is 8.58. The predicted molar refractivity (Wildman–Crippen MR) is 111 cm³/mol. The van der Waals surface area contributed by atoms with Crippen molar-refractivity contribution in [3.8, 4) is 0 Å². The Bertz CT molecular complexity index is 749. The van der Waals surface area contributed by atoms with Crippen molar-refractivity contribution >= 4 is 17.5 Å². The van der Waals surface area contributed by atoms with Gasteiger partial charge in [0.15, 0.2) is 0 Å². The molecule has 0 aromatic heterocycles. The lowest BCUT2D eigenvalue weighted by Crippen LogP contribution is -2.49. The van der Waals surface area contributed by atoms with E-state index in [9.17, 15) is 9.59 Å². The Balaban J connectivity index is 1.56. The summed E-state index contributed by atoms with van der Waals surface area (Å²) < 4.78 is 0. The number of benzene rings is 1. The number of carbonyl (C=O) groups excluding carboxylic acids is 2. The Labute approximate surface area is 168 Å². The van der Waals surface area contributed by atoms with Crippen LogP contribution in [0.2, 0.25) is 0 Å². The third-order valence-electron chi connectivity index (χ3n) is 7.12. The fraction of sp³-hybridized carbons (Fsp3) is 0.652. The maximum Gasteiger partial charge on any atom is 0.231 e. The minimum Gasteiger partial charge on any atom is -0.339 e. The quantitative estimate of drug-likeness (QED) is 0.873. The maximum atomic E-state index is 13.6. The lowest BCUT2D eigenvalue weighted by molar-refractivity contribution is -0.143. The summed E-state index contributed by atoms with van der Waals surface area (Å²) in [5.41, 5.74) is 8.13. The van der Waals surface area contributed by atoms with Gasteiger partial charge in [0.2, 0.25) is 11.8 Å².